The van der Waals surface area contributed by atoms with Crippen LogP contribution in [0.2, 0.25) is 0 Å². The van der Waals surface area contributed by atoms with Crippen LogP contribution in [0.1, 0.15) is 50.3 Å². The first-order valence-corrected chi connectivity index (χ1v) is 9.95. The smallest absolute Gasteiger partial charge is 0.320 e. The molecule has 0 saturated carbocycles. The van der Waals surface area contributed by atoms with Crippen molar-refractivity contribution in [2.24, 2.45) is 0 Å². The first kappa shape index (κ1) is 17.9. The molecular weight excluding hydrogens is 335 g/mol. The molecule has 0 amide bonds. The van der Waals surface area contributed by atoms with Gasteiger partial charge in [-0.15, -0.1) is 0 Å². The third kappa shape index (κ3) is 3.51. The average Bonchev–Trinajstić information content (AvgIpc) is 3.16. The molecule has 4 heterocycles. The highest BCUT2D eigenvalue weighted by atomic mass is 19.1. The SMILES string of the molecule is CCCCOc1nc(OC[C@@]23CCCN2C[C@H](F)C3)nc2c1CCNC2. The highest BCUT2D eigenvalue weighted by Gasteiger charge is 2.49. The number of nitrogens with zero attached hydrogens (tertiary/aromatic N) is 3. The molecule has 144 valence electrons. The molecule has 0 radical (unpaired) electrons. The topological polar surface area (TPSA) is 59.5 Å². The summed E-state index contributed by atoms with van der Waals surface area (Å²) >= 11 is 0. The van der Waals surface area contributed by atoms with Gasteiger partial charge >= 0.3 is 6.01 Å². The highest BCUT2D eigenvalue weighted by Crippen LogP contribution is 2.40. The fourth-order valence-corrected chi connectivity index (χ4v) is 4.45. The minimum atomic E-state index is -0.750. The van der Waals surface area contributed by atoms with Crippen LogP contribution < -0.4 is 14.8 Å². The molecule has 3 aliphatic rings. The normalized spacial score (nSPS) is 28.0. The zero-order valence-electron chi connectivity index (χ0n) is 15.6. The summed E-state index contributed by atoms with van der Waals surface area (Å²) in [5, 5.41) is 3.34. The van der Waals surface area contributed by atoms with Gasteiger partial charge in [-0.2, -0.15) is 9.97 Å². The molecular formula is C19H29FN4O2. The number of nitrogens with one attached hydrogen (secondary N) is 1. The van der Waals surface area contributed by atoms with E-state index in [4.69, 9.17) is 9.47 Å². The minimum absolute atomic E-state index is 0.180. The molecule has 2 atom stereocenters. The second-order valence-corrected chi connectivity index (χ2v) is 7.73. The molecule has 2 fully saturated rings. The lowest BCUT2D eigenvalue weighted by Gasteiger charge is -2.31. The Balaban J connectivity index is 1.50. The Bertz CT molecular complexity index is 644. The molecule has 1 aromatic heterocycles. The quantitative estimate of drug-likeness (QED) is 0.749. The van der Waals surface area contributed by atoms with Gasteiger partial charge in [0, 0.05) is 25.1 Å². The minimum Gasteiger partial charge on any atom is -0.477 e. The molecule has 0 spiro atoms. The monoisotopic (exact) mass is 364 g/mol. The summed E-state index contributed by atoms with van der Waals surface area (Å²) in [6.07, 6.45) is 4.86. The van der Waals surface area contributed by atoms with Gasteiger partial charge in [-0.3, -0.25) is 4.90 Å². The van der Waals surface area contributed by atoms with Crippen LogP contribution in [0.25, 0.3) is 0 Å². The largest absolute Gasteiger partial charge is 0.477 e. The van der Waals surface area contributed by atoms with Crippen LogP contribution >= 0.6 is 0 Å². The van der Waals surface area contributed by atoms with E-state index in [2.05, 4.69) is 27.1 Å². The van der Waals surface area contributed by atoms with E-state index in [9.17, 15) is 4.39 Å². The number of ether oxygens (including phenoxy) is 2. The van der Waals surface area contributed by atoms with Gasteiger partial charge in [-0.05, 0) is 38.8 Å². The Morgan fingerprint density at radius 1 is 1.35 bits per heavy atom. The maximum Gasteiger partial charge on any atom is 0.320 e. The first-order valence-electron chi connectivity index (χ1n) is 9.95. The van der Waals surface area contributed by atoms with Crippen molar-refractivity contribution in [3.05, 3.63) is 11.3 Å². The lowest BCUT2D eigenvalue weighted by Crippen LogP contribution is -2.43. The summed E-state index contributed by atoms with van der Waals surface area (Å²) in [6.45, 7) is 6.37. The van der Waals surface area contributed by atoms with E-state index in [-0.39, 0.29) is 5.54 Å². The molecule has 0 aliphatic carbocycles. The number of rotatable bonds is 7. The van der Waals surface area contributed by atoms with Gasteiger partial charge in [0.15, 0.2) is 0 Å². The standard InChI is InChI=1S/C19H29FN4O2/c1-2-3-9-25-17-15-5-7-21-11-16(15)22-18(23-17)26-13-19-6-4-8-24(19)12-14(20)10-19/h14,21H,2-13H2,1H3/t14-,19+/m1/s1. The Morgan fingerprint density at radius 2 is 2.27 bits per heavy atom. The first-order chi connectivity index (χ1) is 12.7. The van der Waals surface area contributed by atoms with Crippen molar-refractivity contribution in [3.8, 4) is 11.9 Å². The van der Waals surface area contributed by atoms with Gasteiger partial charge in [0.05, 0.1) is 17.8 Å². The summed E-state index contributed by atoms with van der Waals surface area (Å²) < 4.78 is 25.9. The fraction of sp³-hybridized carbons (Fsp3) is 0.789. The van der Waals surface area contributed by atoms with Crippen LogP contribution in [0, 0.1) is 0 Å². The number of aromatic nitrogens is 2. The lowest BCUT2D eigenvalue weighted by molar-refractivity contribution is 0.106. The second kappa shape index (κ2) is 7.64. The lowest BCUT2D eigenvalue weighted by atomic mass is 9.95. The number of hydrogen-bond acceptors (Lipinski definition) is 6. The predicted octanol–water partition coefficient (Wildman–Crippen LogP) is 2.26. The van der Waals surface area contributed by atoms with Crippen molar-refractivity contribution in [2.45, 2.75) is 63.7 Å². The van der Waals surface area contributed by atoms with Gasteiger partial charge in [0.25, 0.3) is 0 Å². The highest BCUT2D eigenvalue weighted by molar-refractivity contribution is 5.34. The summed E-state index contributed by atoms with van der Waals surface area (Å²) in [7, 11) is 0. The van der Waals surface area contributed by atoms with E-state index >= 15 is 0 Å². The van der Waals surface area contributed by atoms with Crippen LogP contribution in [0.4, 0.5) is 4.39 Å². The van der Waals surface area contributed by atoms with E-state index < -0.39 is 6.17 Å². The number of halogens is 1. The van der Waals surface area contributed by atoms with Crippen molar-refractivity contribution in [2.75, 3.05) is 32.8 Å². The van der Waals surface area contributed by atoms with Gasteiger partial charge in [0.1, 0.15) is 12.8 Å². The molecule has 1 N–H and O–H groups in total. The van der Waals surface area contributed by atoms with Gasteiger partial charge in [-0.1, -0.05) is 13.3 Å². The van der Waals surface area contributed by atoms with Crippen molar-refractivity contribution >= 4 is 0 Å². The zero-order chi connectivity index (χ0) is 18.0. The number of unbranched alkanes of at least 4 members (excludes halogenated alkanes) is 1. The summed E-state index contributed by atoms with van der Waals surface area (Å²) in [6, 6.07) is 0.363. The summed E-state index contributed by atoms with van der Waals surface area (Å²) in [5.41, 5.74) is 1.88. The Morgan fingerprint density at radius 3 is 3.15 bits per heavy atom. The molecule has 0 unspecified atom stereocenters. The number of alkyl halides is 1. The third-order valence-corrected chi connectivity index (χ3v) is 5.85. The second-order valence-electron chi connectivity index (χ2n) is 7.73. The zero-order valence-corrected chi connectivity index (χ0v) is 15.6. The third-order valence-electron chi connectivity index (χ3n) is 5.85. The van der Waals surface area contributed by atoms with Crippen LogP contribution in [0.5, 0.6) is 11.9 Å². The molecule has 0 aromatic carbocycles. The summed E-state index contributed by atoms with van der Waals surface area (Å²) in [5.74, 6) is 0.663. The van der Waals surface area contributed by atoms with Crippen molar-refractivity contribution in [3.63, 3.8) is 0 Å². The number of fused-ring (bicyclic) bond motifs is 2. The maximum absolute atomic E-state index is 13.9. The van der Waals surface area contributed by atoms with Crippen molar-refractivity contribution in [1.82, 2.24) is 20.2 Å². The maximum atomic E-state index is 13.9. The van der Waals surface area contributed by atoms with Gasteiger partial charge in [0.2, 0.25) is 5.88 Å². The van der Waals surface area contributed by atoms with Crippen LogP contribution in [0.3, 0.4) is 0 Å². The molecule has 6 nitrogen and oxygen atoms in total. The molecule has 7 heteroatoms. The van der Waals surface area contributed by atoms with Gasteiger partial charge < -0.3 is 14.8 Å². The van der Waals surface area contributed by atoms with E-state index in [1.807, 2.05) is 0 Å². The molecule has 26 heavy (non-hydrogen) atoms. The Kier molecular flexibility index (Phi) is 5.27. The number of hydrogen-bond donors (Lipinski definition) is 1. The van der Waals surface area contributed by atoms with Gasteiger partial charge in [-0.25, -0.2) is 4.39 Å². The van der Waals surface area contributed by atoms with E-state index in [0.29, 0.717) is 44.6 Å². The van der Waals surface area contributed by atoms with Crippen LogP contribution in [-0.2, 0) is 13.0 Å². The molecule has 1 aromatic rings. The van der Waals surface area contributed by atoms with Crippen LogP contribution in [0.15, 0.2) is 0 Å². The Hall–Kier alpha value is -1.47. The van der Waals surface area contributed by atoms with Crippen LogP contribution in [-0.4, -0.2) is 59.4 Å². The fourth-order valence-electron chi connectivity index (χ4n) is 4.45. The molecule has 4 rings (SSSR count). The van der Waals surface area contributed by atoms with E-state index in [1.165, 1.54) is 0 Å². The molecule has 3 aliphatic heterocycles. The summed E-state index contributed by atoms with van der Waals surface area (Å²) in [4.78, 5) is 11.4. The van der Waals surface area contributed by atoms with E-state index in [1.54, 1.807) is 0 Å². The van der Waals surface area contributed by atoms with Crippen molar-refractivity contribution < 1.29 is 13.9 Å². The van der Waals surface area contributed by atoms with E-state index in [0.717, 1.165) is 56.5 Å². The Labute approximate surface area is 154 Å². The predicted molar refractivity (Wildman–Crippen MR) is 96.4 cm³/mol. The average molecular weight is 364 g/mol. The molecule has 2 saturated heterocycles. The molecule has 0 bridgehead atoms. The van der Waals surface area contributed by atoms with Crippen molar-refractivity contribution in [1.29, 1.82) is 0 Å².